The zero-order valence-electron chi connectivity index (χ0n) is 11.5. The molecule has 0 radical (unpaired) electrons. The summed E-state index contributed by atoms with van der Waals surface area (Å²) in [6.45, 7) is 3.14. The first kappa shape index (κ1) is 16.3. The molecule has 9 heteroatoms. The fourth-order valence-corrected chi connectivity index (χ4v) is 1.37. The minimum atomic E-state index is -1.74. The molecule has 0 aromatic carbocycles. The number of nitro groups is 1. The molecule has 0 amide bonds. The van der Waals surface area contributed by atoms with E-state index in [0.29, 0.717) is 0 Å². The molecule has 0 bridgehead atoms. The summed E-state index contributed by atoms with van der Waals surface area (Å²) in [5.74, 6) is -2.92. The van der Waals surface area contributed by atoms with Crippen molar-refractivity contribution in [3.63, 3.8) is 0 Å². The second-order valence-corrected chi connectivity index (χ2v) is 3.58. The first-order valence-electron chi connectivity index (χ1n) is 6.10. The molecule has 1 heterocycles. The summed E-state index contributed by atoms with van der Waals surface area (Å²) in [5.41, 5.74) is 0. The number of pyridine rings is 1. The lowest BCUT2D eigenvalue weighted by molar-refractivity contribution is -0.390. The predicted octanol–water partition coefficient (Wildman–Crippen LogP) is 0.863. The largest absolute Gasteiger partial charge is 0.463 e. The number of ether oxygens (including phenoxy) is 3. The van der Waals surface area contributed by atoms with Crippen LogP contribution in [0, 0.1) is 10.1 Å². The lowest BCUT2D eigenvalue weighted by Crippen LogP contribution is -2.38. The van der Waals surface area contributed by atoms with Crippen LogP contribution in [0.1, 0.15) is 13.8 Å². The number of hydrogen-bond donors (Lipinski definition) is 0. The van der Waals surface area contributed by atoms with Crippen molar-refractivity contribution in [2.24, 2.45) is 0 Å². The molecule has 0 aliphatic heterocycles. The predicted molar refractivity (Wildman–Crippen MR) is 68.6 cm³/mol. The summed E-state index contributed by atoms with van der Waals surface area (Å²) in [4.78, 5) is 37.0. The van der Waals surface area contributed by atoms with E-state index in [9.17, 15) is 19.7 Å². The maximum absolute atomic E-state index is 11.7. The second kappa shape index (κ2) is 7.78. The molecule has 21 heavy (non-hydrogen) atoms. The minimum absolute atomic E-state index is 0.0211. The van der Waals surface area contributed by atoms with E-state index < -0.39 is 28.8 Å². The summed E-state index contributed by atoms with van der Waals surface area (Å²) >= 11 is 0. The number of hydrogen-bond acceptors (Lipinski definition) is 8. The van der Waals surface area contributed by atoms with E-state index in [0.717, 1.165) is 0 Å². The van der Waals surface area contributed by atoms with E-state index in [4.69, 9.17) is 4.74 Å². The molecule has 1 rings (SSSR count). The number of carbonyl (C=O) groups excluding carboxylic acids is 2. The average molecular weight is 298 g/mol. The molecule has 1 aromatic heterocycles. The third kappa shape index (κ3) is 4.41. The molecule has 0 aliphatic carbocycles. The van der Waals surface area contributed by atoms with Crippen LogP contribution in [0.4, 0.5) is 5.82 Å². The third-order valence-corrected chi connectivity index (χ3v) is 2.17. The number of carbonyl (C=O) groups is 2. The van der Waals surface area contributed by atoms with Gasteiger partial charge in [-0.1, -0.05) is 0 Å². The topological polar surface area (TPSA) is 118 Å². The quantitative estimate of drug-likeness (QED) is 0.315. The Kier molecular flexibility index (Phi) is 6.05. The molecule has 0 saturated carbocycles. The van der Waals surface area contributed by atoms with E-state index in [1.54, 1.807) is 13.8 Å². The van der Waals surface area contributed by atoms with E-state index in [-0.39, 0.29) is 19.0 Å². The molecule has 0 saturated heterocycles. The molecule has 0 aliphatic rings. The first-order valence-corrected chi connectivity index (χ1v) is 6.10. The van der Waals surface area contributed by atoms with Crippen LogP contribution in [-0.2, 0) is 19.1 Å². The van der Waals surface area contributed by atoms with Crippen LogP contribution >= 0.6 is 0 Å². The van der Waals surface area contributed by atoms with Gasteiger partial charge >= 0.3 is 17.8 Å². The molecule has 0 spiro atoms. The van der Waals surface area contributed by atoms with Gasteiger partial charge in [-0.25, -0.2) is 9.59 Å². The van der Waals surface area contributed by atoms with Crippen molar-refractivity contribution < 1.29 is 28.7 Å². The van der Waals surface area contributed by atoms with Crippen molar-refractivity contribution in [3.05, 3.63) is 28.4 Å². The van der Waals surface area contributed by atoms with Gasteiger partial charge in [-0.2, -0.15) is 0 Å². The normalized spacial score (nSPS) is 10.0. The molecule has 0 N–H and O–H groups in total. The number of nitrogens with zero attached hydrogens (tertiary/aromatic N) is 2. The fraction of sp³-hybridized carbons (Fsp3) is 0.417. The molecular formula is C12H14N2O7. The van der Waals surface area contributed by atoms with Gasteiger partial charge in [-0.3, -0.25) is 0 Å². The Labute approximate surface area is 120 Å². The zero-order valence-corrected chi connectivity index (χ0v) is 11.5. The molecule has 9 nitrogen and oxygen atoms in total. The Morgan fingerprint density at radius 3 is 2.33 bits per heavy atom. The van der Waals surface area contributed by atoms with E-state index in [1.807, 2.05) is 0 Å². The average Bonchev–Trinajstić information content (AvgIpc) is 2.45. The smallest absolute Gasteiger partial charge is 0.406 e. The van der Waals surface area contributed by atoms with Crippen LogP contribution in [0.5, 0.6) is 5.75 Å². The monoisotopic (exact) mass is 298 g/mol. The Morgan fingerprint density at radius 2 is 1.86 bits per heavy atom. The van der Waals surface area contributed by atoms with Crippen molar-refractivity contribution in [3.8, 4) is 5.75 Å². The molecule has 0 atom stereocenters. The van der Waals surface area contributed by atoms with Crippen molar-refractivity contribution in [2.75, 3.05) is 13.2 Å². The van der Waals surface area contributed by atoms with Crippen LogP contribution in [-0.4, -0.2) is 41.2 Å². The van der Waals surface area contributed by atoms with Crippen molar-refractivity contribution in [1.29, 1.82) is 0 Å². The highest BCUT2D eigenvalue weighted by Gasteiger charge is 2.34. The van der Waals surface area contributed by atoms with Gasteiger partial charge in [0.1, 0.15) is 6.20 Å². The van der Waals surface area contributed by atoms with Gasteiger partial charge in [0, 0.05) is 0 Å². The van der Waals surface area contributed by atoms with Gasteiger partial charge in [0.25, 0.3) is 6.10 Å². The fourth-order valence-electron chi connectivity index (χ4n) is 1.37. The van der Waals surface area contributed by atoms with Crippen LogP contribution in [0.25, 0.3) is 0 Å². The van der Waals surface area contributed by atoms with Gasteiger partial charge in [0.2, 0.25) is 5.75 Å². The summed E-state index contributed by atoms with van der Waals surface area (Å²) in [6, 6.07) is 2.59. The van der Waals surface area contributed by atoms with Crippen LogP contribution in [0.2, 0.25) is 0 Å². The number of aromatic nitrogens is 1. The van der Waals surface area contributed by atoms with Crippen molar-refractivity contribution in [2.45, 2.75) is 20.0 Å². The van der Waals surface area contributed by atoms with Crippen molar-refractivity contribution >= 4 is 17.8 Å². The number of esters is 2. The van der Waals surface area contributed by atoms with Crippen LogP contribution in [0.3, 0.4) is 0 Å². The lowest BCUT2D eigenvalue weighted by atomic mass is 10.3. The van der Waals surface area contributed by atoms with E-state index in [1.165, 1.54) is 18.3 Å². The van der Waals surface area contributed by atoms with E-state index >= 15 is 0 Å². The van der Waals surface area contributed by atoms with Crippen molar-refractivity contribution in [1.82, 2.24) is 4.98 Å². The molecule has 0 unspecified atom stereocenters. The first-order chi connectivity index (χ1) is 10.0. The third-order valence-electron chi connectivity index (χ3n) is 2.17. The Morgan fingerprint density at radius 1 is 1.29 bits per heavy atom. The Hall–Kier alpha value is -2.71. The molecular weight excluding hydrogens is 284 g/mol. The molecule has 114 valence electrons. The summed E-state index contributed by atoms with van der Waals surface area (Å²) in [5, 5.41) is 10.8. The standard InChI is InChI=1S/C12H14N2O7/c1-3-19-11(15)9(12(16)20-4-2)21-8-6-5-7-13-10(8)14(17)18/h5-7,9H,3-4H2,1-2H3. The van der Waals surface area contributed by atoms with Gasteiger partial charge < -0.3 is 24.3 Å². The van der Waals surface area contributed by atoms with Gasteiger partial charge in [-0.05, 0) is 35.9 Å². The van der Waals surface area contributed by atoms with Crippen LogP contribution in [0.15, 0.2) is 18.3 Å². The number of rotatable bonds is 7. The van der Waals surface area contributed by atoms with Gasteiger partial charge in [0.15, 0.2) is 0 Å². The second-order valence-electron chi connectivity index (χ2n) is 3.58. The van der Waals surface area contributed by atoms with Gasteiger partial charge in [0.05, 0.1) is 13.2 Å². The van der Waals surface area contributed by atoms with Crippen LogP contribution < -0.4 is 4.74 Å². The lowest BCUT2D eigenvalue weighted by Gasteiger charge is -2.15. The highest BCUT2D eigenvalue weighted by molar-refractivity contribution is 5.98. The summed E-state index contributed by atoms with van der Waals surface area (Å²) in [6.07, 6.45) is -0.554. The van der Waals surface area contributed by atoms with Gasteiger partial charge in [-0.15, -0.1) is 0 Å². The Balaban J connectivity index is 3.03. The maximum atomic E-state index is 11.7. The minimum Gasteiger partial charge on any atom is -0.463 e. The Bertz CT molecular complexity index is 514. The maximum Gasteiger partial charge on any atom is 0.406 e. The highest BCUT2D eigenvalue weighted by Crippen LogP contribution is 2.24. The highest BCUT2D eigenvalue weighted by atomic mass is 16.6. The summed E-state index contributed by atoms with van der Waals surface area (Å²) in [7, 11) is 0. The zero-order chi connectivity index (χ0) is 15.8. The molecule has 1 aromatic rings. The molecule has 0 fully saturated rings. The SMILES string of the molecule is CCOC(=O)C(Oc1cccnc1[N+](=O)[O-])C(=O)OCC. The summed E-state index contributed by atoms with van der Waals surface area (Å²) < 4.78 is 14.5. The van der Waals surface area contributed by atoms with E-state index in [2.05, 4.69) is 14.5 Å².